The molecule has 1 saturated heterocycles. The highest BCUT2D eigenvalue weighted by molar-refractivity contribution is 7.98. The molecule has 0 spiro atoms. The average molecular weight is 783 g/mol. The fourth-order valence-electron chi connectivity index (χ4n) is 5.50. The molecule has 294 valence electrons. The van der Waals surface area contributed by atoms with Crippen LogP contribution < -0.4 is 38.5 Å². The van der Waals surface area contributed by atoms with Gasteiger partial charge in [-0.25, -0.2) is 4.79 Å². The Balaban J connectivity index is 2.33. The highest BCUT2D eigenvalue weighted by Crippen LogP contribution is 2.20. The van der Waals surface area contributed by atoms with Crippen LogP contribution in [0.4, 0.5) is 0 Å². The first-order valence-corrected chi connectivity index (χ1v) is 19.7. The van der Waals surface area contributed by atoms with E-state index in [1.807, 2.05) is 6.26 Å². The summed E-state index contributed by atoms with van der Waals surface area (Å²) in [5.41, 5.74) is 17.3. The van der Waals surface area contributed by atoms with Crippen LogP contribution >= 0.6 is 23.5 Å². The van der Waals surface area contributed by atoms with E-state index in [0.29, 0.717) is 29.9 Å². The maximum absolute atomic E-state index is 13.8. The number of primary amides is 2. The lowest BCUT2D eigenvalue weighted by Crippen LogP contribution is -2.60. The molecule has 18 nitrogen and oxygen atoms in total. The molecule has 0 aromatic heterocycles. The van der Waals surface area contributed by atoms with E-state index in [2.05, 4.69) is 21.3 Å². The van der Waals surface area contributed by atoms with E-state index in [4.69, 9.17) is 17.2 Å². The van der Waals surface area contributed by atoms with Crippen molar-refractivity contribution in [3.63, 3.8) is 0 Å². The van der Waals surface area contributed by atoms with Crippen molar-refractivity contribution in [3.8, 4) is 5.75 Å². The van der Waals surface area contributed by atoms with Gasteiger partial charge in [0.1, 0.15) is 36.0 Å². The number of carboxylic acids is 1. The average Bonchev–Trinajstić information content (AvgIpc) is 3.60. The molecule has 0 radical (unpaired) electrons. The summed E-state index contributed by atoms with van der Waals surface area (Å²) in [6.45, 7) is 0.0597. The number of benzene rings is 1. The minimum atomic E-state index is -1.60. The van der Waals surface area contributed by atoms with Crippen LogP contribution in [0.1, 0.15) is 50.5 Å². The second-order valence-electron chi connectivity index (χ2n) is 12.5. The number of nitrogens with two attached hydrogens (primary N) is 3. The van der Waals surface area contributed by atoms with E-state index in [1.165, 1.54) is 47.8 Å². The fraction of sp³-hybridized carbons (Fsp3) is 0.576. The SMILES string of the molecule is CSCC[C@H](NC(=O)[C@@H]1CCCN1C(=O)[C@H](CC(N)=O)NC(=O)[C@H](CCC(N)=O)NC(=O)[C@H](Cc1ccc(O)cc1)NC(=O)[C@@H](N)CCSC)C(=O)O. The fourth-order valence-corrected chi connectivity index (χ4v) is 6.46. The monoisotopic (exact) mass is 782 g/mol. The summed E-state index contributed by atoms with van der Waals surface area (Å²) in [5.74, 6) is -6.05. The largest absolute Gasteiger partial charge is 0.508 e. The molecule has 6 atom stereocenters. The number of carboxylic acid groups (broad SMARTS) is 1. The minimum Gasteiger partial charge on any atom is -0.508 e. The zero-order chi connectivity index (χ0) is 39.7. The van der Waals surface area contributed by atoms with Crippen molar-refractivity contribution < 1.29 is 48.6 Å². The number of thioether (sulfide) groups is 2. The molecule has 7 amide bonds. The van der Waals surface area contributed by atoms with E-state index in [1.54, 1.807) is 6.26 Å². The smallest absolute Gasteiger partial charge is 0.326 e. The lowest BCUT2D eigenvalue weighted by Gasteiger charge is -2.30. The van der Waals surface area contributed by atoms with Crippen LogP contribution in [0.25, 0.3) is 0 Å². The Kier molecular flexibility index (Phi) is 18.9. The molecule has 0 bridgehead atoms. The first kappa shape index (κ1) is 44.6. The molecule has 1 aromatic carbocycles. The number of carbonyl (C=O) groups excluding carboxylic acids is 7. The second-order valence-corrected chi connectivity index (χ2v) is 14.5. The molecule has 1 aromatic rings. The third kappa shape index (κ3) is 15.1. The van der Waals surface area contributed by atoms with Gasteiger partial charge in [-0.1, -0.05) is 12.1 Å². The number of phenolic OH excluding ortho intramolecular Hbond substituents is 1. The minimum absolute atomic E-state index is 0.0300. The van der Waals surface area contributed by atoms with Crippen LogP contribution in [-0.2, 0) is 44.8 Å². The number of hydrogen-bond donors (Lipinski definition) is 9. The number of likely N-dealkylation sites (tertiary alicyclic amines) is 1. The first-order chi connectivity index (χ1) is 25.1. The van der Waals surface area contributed by atoms with Crippen LogP contribution in [0.2, 0.25) is 0 Å². The summed E-state index contributed by atoms with van der Waals surface area (Å²) < 4.78 is 0. The number of rotatable bonds is 23. The van der Waals surface area contributed by atoms with Gasteiger partial charge in [0.2, 0.25) is 41.4 Å². The summed E-state index contributed by atoms with van der Waals surface area (Å²) in [6, 6.07) is -1.79. The van der Waals surface area contributed by atoms with Crippen molar-refractivity contribution in [2.24, 2.45) is 17.2 Å². The highest BCUT2D eigenvalue weighted by Gasteiger charge is 2.40. The third-order valence-corrected chi connectivity index (χ3v) is 9.66. The van der Waals surface area contributed by atoms with Crippen molar-refractivity contribution in [2.45, 2.75) is 87.6 Å². The zero-order valence-electron chi connectivity index (χ0n) is 29.7. The highest BCUT2D eigenvalue weighted by atomic mass is 32.2. The number of amides is 7. The summed E-state index contributed by atoms with van der Waals surface area (Å²) in [6.07, 6.45) is 3.17. The summed E-state index contributed by atoms with van der Waals surface area (Å²) in [7, 11) is 0. The van der Waals surface area contributed by atoms with E-state index < -0.39 is 90.0 Å². The summed E-state index contributed by atoms with van der Waals surface area (Å²) >= 11 is 2.88. The van der Waals surface area contributed by atoms with Gasteiger partial charge in [-0.05, 0) is 73.8 Å². The molecule has 0 aliphatic carbocycles. The van der Waals surface area contributed by atoms with Gasteiger partial charge in [0.25, 0.3) is 0 Å². The number of aromatic hydroxyl groups is 1. The molecule has 12 N–H and O–H groups in total. The lowest BCUT2D eigenvalue weighted by atomic mass is 10.0. The normalized spacial score (nSPS) is 16.7. The molecule has 1 aliphatic rings. The van der Waals surface area contributed by atoms with Gasteiger partial charge in [0, 0.05) is 19.4 Å². The molecule has 1 heterocycles. The topological polar surface area (TPSA) is 306 Å². The third-order valence-electron chi connectivity index (χ3n) is 8.37. The number of aliphatic carboxylic acids is 1. The van der Waals surface area contributed by atoms with Gasteiger partial charge in [0.15, 0.2) is 0 Å². The van der Waals surface area contributed by atoms with Crippen LogP contribution in [0.5, 0.6) is 5.75 Å². The lowest BCUT2D eigenvalue weighted by molar-refractivity contribution is -0.145. The van der Waals surface area contributed by atoms with Crippen molar-refractivity contribution in [1.29, 1.82) is 0 Å². The van der Waals surface area contributed by atoms with Crippen LogP contribution in [-0.4, -0.2) is 129 Å². The number of carbonyl (C=O) groups is 8. The quantitative estimate of drug-likeness (QED) is 0.0577. The maximum Gasteiger partial charge on any atom is 0.326 e. The predicted octanol–water partition coefficient (Wildman–Crippen LogP) is -2.08. The van der Waals surface area contributed by atoms with Crippen LogP contribution in [0, 0.1) is 0 Å². The van der Waals surface area contributed by atoms with E-state index in [0.717, 1.165) is 4.90 Å². The molecule has 0 saturated carbocycles. The molecule has 0 unspecified atom stereocenters. The first-order valence-electron chi connectivity index (χ1n) is 16.9. The van der Waals surface area contributed by atoms with E-state index in [9.17, 15) is 48.6 Å². The molecule has 1 fully saturated rings. The van der Waals surface area contributed by atoms with Gasteiger partial charge in [-0.15, -0.1) is 0 Å². The molecule has 53 heavy (non-hydrogen) atoms. The Morgan fingerprint density at radius 2 is 1.38 bits per heavy atom. The Morgan fingerprint density at radius 3 is 1.96 bits per heavy atom. The zero-order valence-corrected chi connectivity index (χ0v) is 31.3. The molecule has 1 aliphatic heterocycles. The van der Waals surface area contributed by atoms with Crippen LogP contribution in [0.3, 0.4) is 0 Å². The molecule has 20 heteroatoms. The Labute approximate surface area is 315 Å². The molecular weight excluding hydrogens is 733 g/mol. The van der Waals surface area contributed by atoms with Gasteiger partial charge < -0.3 is 53.6 Å². The second kappa shape index (κ2) is 22.5. The number of nitrogens with one attached hydrogen (secondary N) is 4. The summed E-state index contributed by atoms with van der Waals surface area (Å²) in [4.78, 5) is 104. The molecular formula is C33H50N8O10S2. The van der Waals surface area contributed by atoms with Gasteiger partial charge in [-0.2, -0.15) is 23.5 Å². The van der Waals surface area contributed by atoms with Crippen molar-refractivity contribution in [3.05, 3.63) is 29.8 Å². The van der Waals surface area contributed by atoms with Crippen molar-refractivity contribution in [2.75, 3.05) is 30.6 Å². The number of nitrogens with zero attached hydrogens (tertiary/aromatic N) is 1. The van der Waals surface area contributed by atoms with E-state index in [-0.39, 0.29) is 44.4 Å². The maximum atomic E-state index is 13.8. The van der Waals surface area contributed by atoms with Crippen molar-refractivity contribution >= 4 is 70.8 Å². The van der Waals surface area contributed by atoms with Crippen LogP contribution in [0.15, 0.2) is 24.3 Å². The molecule has 2 rings (SSSR count). The number of phenols is 1. The standard InChI is InChI=1S/C33H50N8O10S2/c1-52-14-11-20(34)28(45)39-23(16-18-5-7-19(42)8-6-18)30(47)37-21(9-10-26(35)43)29(46)40-24(17-27(36)44)32(49)41-13-3-4-25(41)31(48)38-22(33(50)51)12-15-53-2/h5-8,20-25,42H,3-4,9-17,34H2,1-2H3,(H2,35,43)(H2,36,44)(H,37,47)(H,38,48)(H,39,45)(H,40,46)(H,50,51)/t20-,21-,22-,23-,24-,25-/m0/s1. The van der Waals surface area contributed by atoms with E-state index >= 15 is 0 Å². The van der Waals surface area contributed by atoms with Gasteiger partial charge >= 0.3 is 5.97 Å². The Morgan fingerprint density at radius 1 is 0.792 bits per heavy atom. The summed E-state index contributed by atoms with van der Waals surface area (Å²) in [5, 5.41) is 29.2. The van der Waals surface area contributed by atoms with Gasteiger partial charge in [-0.3, -0.25) is 33.6 Å². The van der Waals surface area contributed by atoms with Crippen molar-refractivity contribution in [1.82, 2.24) is 26.2 Å². The Hall–Kier alpha value is -4.56. The Bertz CT molecular complexity index is 1470. The predicted molar refractivity (Wildman–Crippen MR) is 198 cm³/mol. The van der Waals surface area contributed by atoms with Gasteiger partial charge in [0.05, 0.1) is 12.5 Å². The number of hydrogen-bond acceptors (Lipinski definition) is 12.